The van der Waals surface area contributed by atoms with Gasteiger partial charge in [-0.25, -0.2) is 0 Å². The van der Waals surface area contributed by atoms with E-state index in [1.807, 2.05) is 14.1 Å². The number of methoxy groups -OCH3 is 1. The van der Waals surface area contributed by atoms with Gasteiger partial charge in [0.05, 0.1) is 25.1 Å². The van der Waals surface area contributed by atoms with Crippen molar-refractivity contribution < 1.29 is 19.1 Å². The highest BCUT2D eigenvalue weighted by Crippen LogP contribution is 2.35. The molecule has 1 aliphatic heterocycles. The summed E-state index contributed by atoms with van der Waals surface area (Å²) in [6.07, 6.45) is 6.65. The summed E-state index contributed by atoms with van der Waals surface area (Å²) in [5.74, 6) is 0.650. The molecular formula is C23H46N4O4. The number of nitrogens with one attached hydrogen (secondary N) is 2. The molecule has 8 nitrogen and oxygen atoms in total. The molecular weight excluding hydrogens is 396 g/mol. The second kappa shape index (κ2) is 16.2. The lowest BCUT2D eigenvalue weighted by Crippen LogP contribution is -2.47. The molecule has 31 heavy (non-hydrogen) atoms. The molecule has 1 aliphatic carbocycles. The van der Waals surface area contributed by atoms with Crippen LogP contribution in [0.1, 0.15) is 66.2 Å². The first kappa shape index (κ1) is 29.5. The van der Waals surface area contributed by atoms with Crippen LogP contribution in [0.15, 0.2) is 0 Å². The van der Waals surface area contributed by atoms with Crippen LogP contribution in [0.2, 0.25) is 0 Å². The van der Waals surface area contributed by atoms with E-state index in [9.17, 15) is 14.4 Å². The maximum Gasteiger partial charge on any atom is 0.237 e. The van der Waals surface area contributed by atoms with E-state index < -0.39 is 0 Å². The molecule has 0 spiro atoms. The molecule has 8 heteroatoms. The number of rotatable bonds is 10. The summed E-state index contributed by atoms with van der Waals surface area (Å²) >= 11 is 0. The zero-order valence-corrected chi connectivity index (χ0v) is 20.6. The third-order valence-corrected chi connectivity index (χ3v) is 5.91. The van der Waals surface area contributed by atoms with Gasteiger partial charge in [0.25, 0.3) is 0 Å². The zero-order chi connectivity index (χ0) is 24.0. The lowest BCUT2D eigenvalue weighted by atomic mass is 9.91. The Hall–Kier alpha value is -1.51. The van der Waals surface area contributed by atoms with E-state index in [1.54, 1.807) is 7.11 Å². The van der Waals surface area contributed by atoms with Crippen LogP contribution in [0.3, 0.4) is 0 Å². The van der Waals surface area contributed by atoms with Crippen LogP contribution >= 0.6 is 0 Å². The number of nitrogens with zero attached hydrogens (tertiary/aromatic N) is 1. The van der Waals surface area contributed by atoms with Gasteiger partial charge >= 0.3 is 0 Å². The van der Waals surface area contributed by atoms with Gasteiger partial charge in [0.15, 0.2) is 0 Å². The van der Waals surface area contributed by atoms with Crippen LogP contribution in [-0.2, 0) is 19.1 Å². The fraction of sp³-hybridized carbons (Fsp3) is 0.870. The summed E-state index contributed by atoms with van der Waals surface area (Å²) in [7, 11) is 5.64. The van der Waals surface area contributed by atoms with Crippen molar-refractivity contribution in [2.24, 2.45) is 17.6 Å². The lowest BCUT2D eigenvalue weighted by molar-refractivity contribution is -0.125. The molecule has 0 aromatic heterocycles. The minimum absolute atomic E-state index is 0.0145. The average Bonchev–Trinajstić information content (AvgIpc) is 3.35. The highest BCUT2D eigenvalue weighted by atomic mass is 16.5. The first-order valence-corrected chi connectivity index (χ1v) is 11.6. The molecule has 0 aromatic rings. The first-order chi connectivity index (χ1) is 14.7. The van der Waals surface area contributed by atoms with Crippen LogP contribution < -0.4 is 16.4 Å². The minimum Gasteiger partial charge on any atom is -0.379 e. The van der Waals surface area contributed by atoms with Gasteiger partial charge in [-0.05, 0) is 45.2 Å². The van der Waals surface area contributed by atoms with Crippen molar-refractivity contribution in [2.75, 3.05) is 27.7 Å². The summed E-state index contributed by atoms with van der Waals surface area (Å²) in [6, 6.07) is 0.725. The normalized spacial score (nSPS) is 24.2. The summed E-state index contributed by atoms with van der Waals surface area (Å²) in [5, 5.41) is 5.86. The second-order valence-corrected chi connectivity index (χ2v) is 8.82. The van der Waals surface area contributed by atoms with Gasteiger partial charge in [0.1, 0.15) is 6.29 Å². The van der Waals surface area contributed by atoms with Crippen molar-refractivity contribution in [3.8, 4) is 0 Å². The smallest absolute Gasteiger partial charge is 0.237 e. The Balaban J connectivity index is 0.000000517. The molecule has 0 radical (unpaired) electrons. The number of amides is 2. The monoisotopic (exact) mass is 442 g/mol. The lowest BCUT2D eigenvalue weighted by Gasteiger charge is -2.35. The Kier molecular flexibility index (Phi) is 15.4. The number of nitrogens with two attached hydrogens (primary N) is 1. The van der Waals surface area contributed by atoms with Crippen LogP contribution in [0.25, 0.3) is 0 Å². The van der Waals surface area contributed by atoms with E-state index in [1.165, 1.54) is 12.8 Å². The van der Waals surface area contributed by atoms with Crippen LogP contribution in [0, 0.1) is 11.8 Å². The third-order valence-electron chi connectivity index (χ3n) is 5.91. The zero-order valence-electron chi connectivity index (χ0n) is 20.6. The number of primary amides is 1. The second-order valence-electron chi connectivity index (χ2n) is 8.82. The largest absolute Gasteiger partial charge is 0.379 e. The average molecular weight is 443 g/mol. The predicted molar refractivity (Wildman–Crippen MR) is 125 cm³/mol. The topological polar surface area (TPSA) is 114 Å². The van der Waals surface area contributed by atoms with E-state index in [4.69, 9.17) is 10.5 Å². The molecule has 4 N–H and O–H groups in total. The van der Waals surface area contributed by atoms with Crippen molar-refractivity contribution in [3.63, 3.8) is 0 Å². The van der Waals surface area contributed by atoms with E-state index in [-0.39, 0.29) is 43.0 Å². The summed E-state index contributed by atoms with van der Waals surface area (Å²) in [6.45, 7) is 8.68. The van der Waals surface area contributed by atoms with E-state index >= 15 is 0 Å². The number of fused-ring (bicyclic) bond motifs is 2. The van der Waals surface area contributed by atoms with E-state index in [0.717, 1.165) is 19.3 Å². The molecule has 6 unspecified atom stereocenters. The maximum atomic E-state index is 11.5. The number of aldehydes is 1. The molecule has 182 valence electrons. The maximum absolute atomic E-state index is 11.5. The third kappa shape index (κ3) is 10.6. The SMILES string of the molecule is CCC.CCC(C)C(C(CC(N)=O)OC)N(C)C.O=CCNC(=O)C1NC2CCC1C2. The number of piperidine rings is 1. The number of carbonyl (C=O) groups excluding carboxylic acids is 3. The summed E-state index contributed by atoms with van der Waals surface area (Å²) in [5.41, 5.74) is 5.21. The fourth-order valence-corrected chi connectivity index (χ4v) is 4.39. The van der Waals surface area contributed by atoms with Gasteiger partial charge in [-0.15, -0.1) is 0 Å². The molecule has 1 heterocycles. The van der Waals surface area contributed by atoms with Gasteiger partial charge in [0, 0.05) is 19.2 Å². The van der Waals surface area contributed by atoms with Gasteiger partial charge < -0.3 is 30.8 Å². The number of hydrogen-bond acceptors (Lipinski definition) is 6. The molecule has 1 saturated carbocycles. The van der Waals surface area contributed by atoms with Crippen molar-refractivity contribution >= 4 is 18.1 Å². The molecule has 1 saturated heterocycles. The number of ether oxygens (including phenoxy) is 1. The number of carbonyl (C=O) groups is 3. The molecule has 2 bridgehead atoms. The molecule has 0 aromatic carbocycles. The Bertz CT molecular complexity index is 530. The Morgan fingerprint density at radius 2 is 1.87 bits per heavy atom. The number of likely N-dealkylation sites (N-methyl/N-ethyl adjacent to an activating group) is 1. The van der Waals surface area contributed by atoms with E-state index in [2.05, 4.69) is 43.2 Å². The van der Waals surface area contributed by atoms with Crippen LogP contribution in [0.4, 0.5) is 0 Å². The van der Waals surface area contributed by atoms with Gasteiger partial charge in [-0.2, -0.15) is 0 Å². The molecule has 2 fully saturated rings. The summed E-state index contributed by atoms with van der Waals surface area (Å²) in [4.78, 5) is 34.5. The Morgan fingerprint density at radius 1 is 1.26 bits per heavy atom. The van der Waals surface area contributed by atoms with Crippen molar-refractivity contribution in [2.45, 2.75) is 90.4 Å². The molecule has 2 amide bonds. The number of hydrogen-bond donors (Lipinski definition) is 3. The Labute approximate surface area is 189 Å². The first-order valence-electron chi connectivity index (χ1n) is 11.6. The van der Waals surface area contributed by atoms with Crippen molar-refractivity contribution in [1.29, 1.82) is 0 Å². The predicted octanol–water partition coefficient (Wildman–Crippen LogP) is 1.71. The fourth-order valence-electron chi connectivity index (χ4n) is 4.39. The van der Waals surface area contributed by atoms with Gasteiger partial charge in [0.2, 0.25) is 11.8 Å². The molecule has 6 atom stereocenters. The van der Waals surface area contributed by atoms with Crippen LogP contribution in [-0.4, -0.2) is 75.0 Å². The van der Waals surface area contributed by atoms with Crippen LogP contribution in [0.5, 0.6) is 0 Å². The van der Waals surface area contributed by atoms with Crippen molar-refractivity contribution in [3.05, 3.63) is 0 Å². The van der Waals surface area contributed by atoms with Gasteiger partial charge in [-0.1, -0.05) is 40.5 Å². The highest BCUT2D eigenvalue weighted by molar-refractivity contribution is 5.84. The molecule has 2 rings (SSSR count). The quantitative estimate of drug-likeness (QED) is 0.444. The molecule has 2 aliphatic rings. The summed E-state index contributed by atoms with van der Waals surface area (Å²) < 4.78 is 5.37. The van der Waals surface area contributed by atoms with Crippen molar-refractivity contribution in [1.82, 2.24) is 15.5 Å². The Morgan fingerprint density at radius 3 is 2.23 bits per heavy atom. The van der Waals surface area contributed by atoms with E-state index in [0.29, 0.717) is 24.2 Å². The standard InChI is InChI=1S/C11H24N2O2.C9H14N2O2.C3H8/c1-6-8(2)11(13(3)4)9(15-5)7-10(12)14;12-4-3-10-9(13)8-6-1-2-7(5-6)11-8;1-3-2/h8-9,11H,6-7H2,1-5H3,(H2,12,14);4,6-8,11H,1-3,5H2,(H,10,13);3H2,1-2H3. The highest BCUT2D eigenvalue weighted by Gasteiger charge is 2.42. The minimum atomic E-state index is -0.308. The van der Waals surface area contributed by atoms with Gasteiger partial charge in [-0.3, -0.25) is 9.59 Å².